The van der Waals surface area contributed by atoms with Crippen molar-refractivity contribution in [3.05, 3.63) is 0 Å². The quantitative estimate of drug-likeness (QED) is 0.567. The Labute approximate surface area is 69.3 Å². The van der Waals surface area contributed by atoms with Crippen molar-refractivity contribution in [2.75, 3.05) is 0 Å². The van der Waals surface area contributed by atoms with Gasteiger partial charge in [-0.1, -0.05) is 13.8 Å². The van der Waals surface area contributed by atoms with E-state index in [9.17, 15) is 0 Å². The van der Waals surface area contributed by atoms with E-state index >= 15 is 0 Å². The lowest BCUT2D eigenvalue weighted by molar-refractivity contribution is -0.0153. The van der Waals surface area contributed by atoms with Gasteiger partial charge < -0.3 is 10.8 Å². The Morgan fingerprint density at radius 3 is 2.11 bits per heavy atom. The van der Waals surface area contributed by atoms with E-state index in [0.717, 1.165) is 0 Å². The summed E-state index contributed by atoms with van der Waals surface area (Å²) in [5, 5.41) is 8.94. The first kappa shape index (κ1) is 9.61. The second-order valence-corrected chi connectivity index (χ2v) is 2.81. The summed E-state index contributed by atoms with van der Waals surface area (Å²) in [6.07, 6.45) is -0.842. The van der Waals surface area contributed by atoms with Gasteiger partial charge in [-0.15, -0.1) is 0 Å². The first-order chi connectivity index (χ1) is 4.09. The van der Waals surface area contributed by atoms with Gasteiger partial charge in [-0.25, -0.2) is 0 Å². The van der Waals surface area contributed by atoms with Gasteiger partial charge in [-0.05, 0) is 5.92 Å². The molecule has 2 atom stereocenters. The van der Waals surface area contributed by atoms with Gasteiger partial charge in [-0.2, -0.15) is 0 Å². The number of hydrogen-bond acceptors (Lipinski definition) is 3. The van der Waals surface area contributed by atoms with E-state index < -0.39 is 6.29 Å². The fourth-order valence-corrected chi connectivity index (χ4v) is 0.728. The van der Waals surface area contributed by atoms with Crippen molar-refractivity contribution >= 4 is 23.0 Å². The molecule has 3 N–H and O–H groups in total. The molecule has 0 amide bonds. The second-order valence-electron chi connectivity index (χ2n) is 2.30. The number of aliphatic hydroxyl groups excluding tert-OH is 1. The molecule has 0 aromatic rings. The molecule has 0 saturated heterocycles. The monoisotopic (exact) mass is 245 g/mol. The lowest BCUT2D eigenvalue weighted by Gasteiger charge is -2.18. The maximum absolute atomic E-state index is 8.94. The molecule has 0 aromatic heterocycles. The van der Waals surface area contributed by atoms with Gasteiger partial charge in [-0.3, -0.25) is 3.07 Å². The molecule has 3 nitrogen and oxygen atoms in total. The van der Waals surface area contributed by atoms with E-state index in [4.69, 9.17) is 10.8 Å². The van der Waals surface area contributed by atoms with Crippen molar-refractivity contribution in [1.29, 1.82) is 0 Å². The Balaban J connectivity index is 3.58. The molecule has 0 aromatic carbocycles. The molecule has 0 aliphatic carbocycles. The highest BCUT2D eigenvalue weighted by atomic mass is 127. The van der Waals surface area contributed by atoms with E-state index in [0.29, 0.717) is 0 Å². The van der Waals surface area contributed by atoms with E-state index in [1.165, 1.54) is 0 Å². The van der Waals surface area contributed by atoms with Gasteiger partial charge in [0.1, 0.15) is 23.0 Å². The molecule has 0 spiro atoms. The van der Waals surface area contributed by atoms with Crippen molar-refractivity contribution in [2.45, 2.75) is 26.2 Å². The summed E-state index contributed by atoms with van der Waals surface area (Å²) in [6.45, 7) is 3.87. The Kier molecular flexibility index (Phi) is 4.73. The van der Waals surface area contributed by atoms with Crippen LogP contribution in [-0.2, 0) is 3.07 Å². The standard InChI is InChI=1S/C5H12INO2/c1-3(2)4(7)5(8)9-6/h3-5,8H,7H2,1-2H3. The van der Waals surface area contributed by atoms with Gasteiger partial charge in [0.15, 0.2) is 6.29 Å². The molecular weight excluding hydrogens is 233 g/mol. The SMILES string of the molecule is CC(C)C(N)C(O)OI. The summed E-state index contributed by atoms with van der Waals surface area (Å²) >= 11 is 1.63. The van der Waals surface area contributed by atoms with E-state index in [1.54, 1.807) is 23.0 Å². The van der Waals surface area contributed by atoms with Crippen LogP contribution in [-0.4, -0.2) is 17.4 Å². The molecule has 0 fully saturated rings. The Hall–Kier alpha value is 0.610. The average molecular weight is 245 g/mol. The minimum atomic E-state index is -0.842. The molecular formula is C5H12INO2. The highest BCUT2D eigenvalue weighted by Gasteiger charge is 2.17. The van der Waals surface area contributed by atoms with Crippen molar-refractivity contribution < 1.29 is 8.17 Å². The zero-order chi connectivity index (χ0) is 7.44. The fraction of sp³-hybridized carbons (Fsp3) is 1.00. The smallest absolute Gasteiger partial charge is 0.181 e. The zero-order valence-corrected chi connectivity index (χ0v) is 7.70. The van der Waals surface area contributed by atoms with Crippen LogP contribution in [0.3, 0.4) is 0 Å². The molecule has 0 aliphatic heterocycles. The number of rotatable bonds is 3. The molecule has 9 heavy (non-hydrogen) atoms. The summed E-state index contributed by atoms with van der Waals surface area (Å²) in [5.74, 6) is 0.245. The maximum atomic E-state index is 8.94. The van der Waals surface area contributed by atoms with Crippen molar-refractivity contribution in [3.63, 3.8) is 0 Å². The van der Waals surface area contributed by atoms with Crippen molar-refractivity contribution in [3.8, 4) is 0 Å². The molecule has 0 saturated carbocycles. The summed E-state index contributed by atoms with van der Waals surface area (Å²) in [7, 11) is 0. The first-order valence-electron chi connectivity index (χ1n) is 2.80. The predicted molar refractivity (Wildman–Crippen MR) is 43.9 cm³/mol. The summed E-state index contributed by atoms with van der Waals surface area (Å²) in [6, 6.07) is -0.290. The van der Waals surface area contributed by atoms with Crippen molar-refractivity contribution in [1.82, 2.24) is 0 Å². The van der Waals surface area contributed by atoms with E-state index in [2.05, 4.69) is 3.07 Å². The Morgan fingerprint density at radius 1 is 1.56 bits per heavy atom. The third-order valence-corrected chi connectivity index (χ3v) is 1.71. The van der Waals surface area contributed by atoms with Crippen LogP contribution in [0.15, 0.2) is 0 Å². The lowest BCUT2D eigenvalue weighted by Crippen LogP contribution is -2.39. The van der Waals surface area contributed by atoms with Crippen LogP contribution in [0.5, 0.6) is 0 Å². The molecule has 4 heteroatoms. The average Bonchev–Trinajstić information content (AvgIpc) is 1.84. The first-order valence-corrected chi connectivity index (χ1v) is 3.68. The fourth-order valence-electron chi connectivity index (χ4n) is 0.389. The summed E-state index contributed by atoms with van der Waals surface area (Å²) in [5.41, 5.74) is 5.49. The maximum Gasteiger partial charge on any atom is 0.181 e. The normalized spacial score (nSPS) is 18.0. The molecule has 2 unspecified atom stereocenters. The Morgan fingerprint density at radius 2 is 2.00 bits per heavy atom. The van der Waals surface area contributed by atoms with Crippen LogP contribution in [0.1, 0.15) is 13.8 Å². The predicted octanol–water partition coefficient (Wildman–Crippen LogP) is 0.655. The number of aliphatic hydroxyl groups is 1. The number of halogens is 1. The summed E-state index contributed by atoms with van der Waals surface area (Å²) in [4.78, 5) is 0. The molecule has 56 valence electrons. The summed E-state index contributed by atoms with van der Waals surface area (Å²) < 4.78 is 4.57. The molecule has 0 rings (SSSR count). The van der Waals surface area contributed by atoms with Crippen LogP contribution < -0.4 is 5.73 Å². The van der Waals surface area contributed by atoms with Crippen LogP contribution in [0.4, 0.5) is 0 Å². The van der Waals surface area contributed by atoms with E-state index in [1.807, 2.05) is 13.8 Å². The third kappa shape index (κ3) is 3.34. The van der Waals surface area contributed by atoms with Gasteiger partial charge in [0.25, 0.3) is 0 Å². The van der Waals surface area contributed by atoms with Crippen molar-refractivity contribution in [2.24, 2.45) is 11.7 Å². The highest BCUT2D eigenvalue weighted by Crippen LogP contribution is 2.06. The second kappa shape index (κ2) is 4.43. The van der Waals surface area contributed by atoms with Crippen LogP contribution in [0, 0.1) is 5.92 Å². The number of hydrogen-bond donors (Lipinski definition) is 2. The zero-order valence-electron chi connectivity index (χ0n) is 5.54. The van der Waals surface area contributed by atoms with E-state index in [-0.39, 0.29) is 12.0 Å². The molecule has 0 heterocycles. The van der Waals surface area contributed by atoms with Gasteiger partial charge in [0.05, 0.1) is 6.04 Å². The third-order valence-electron chi connectivity index (χ3n) is 1.19. The molecule has 0 aliphatic rings. The molecule has 0 radical (unpaired) electrons. The Bertz CT molecular complexity index is 79.4. The van der Waals surface area contributed by atoms with Gasteiger partial charge in [0, 0.05) is 0 Å². The minimum absolute atomic E-state index is 0.245. The lowest BCUT2D eigenvalue weighted by atomic mass is 10.1. The van der Waals surface area contributed by atoms with Crippen LogP contribution in [0.2, 0.25) is 0 Å². The topological polar surface area (TPSA) is 55.5 Å². The van der Waals surface area contributed by atoms with Crippen LogP contribution >= 0.6 is 23.0 Å². The number of nitrogens with two attached hydrogens (primary N) is 1. The minimum Gasteiger partial charge on any atom is -0.366 e. The van der Waals surface area contributed by atoms with Crippen LogP contribution in [0.25, 0.3) is 0 Å². The molecule has 0 bridgehead atoms. The van der Waals surface area contributed by atoms with Gasteiger partial charge >= 0.3 is 0 Å². The highest BCUT2D eigenvalue weighted by molar-refractivity contribution is 14.1. The largest absolute Gasteiger partial charge is 0.366 e. The van der Waals surface area contributed by atoms with Gasteiger partial charge in [0.2, 0.25) is 0 Å².